The molecule has 0 aliphatic carbocycles. The second kappa shape index (κ2) is 5.55. The van der Waals surface area contributed by atoms with Crippen molar-refractivity contribution in [1.29, 1.82) is 0 Å². The van der Waals surface area contributed by atoms with E-state index in [1.54, 1.807) is 6.07 Å². The fourth-order valence-electron chi connectivity index (χ4n) is 2.08. The average Bonchev–Trinajstić information content (AvgIpc) is 2.58. The summed E-state index contributed by atoms with van der Waals surface area (Å²) in [5.41, 5.74) is 0.336. The van der Waals surface area contributed by atoms with Crippen LogP contribution >= 0.6 is 0 Å². The second-order valence-electron chi connectivity index (χ2n) is 4.60. The molecule has 1 aromatic carbocycles. The molecule has 0 fully saturated rings. The van der Waals surface area contributed by atoms with Gasteiger partial charge in [0.15, 0.2) is 11.5 Å². The zero-order chi connectivity index (χ0) is 13.9. The molecule has 0 saturated heterocycles. The molecular weight excluding hydrogens is 254 g/mol. The Balaban J connectivity index is 2.44. The zero-order valence-corrected chi connectivity index (χ0v) is 10.7. The summed E-state index contributed by atoms with van der Waals surface area (Å²) in [6, 6.07) is 2.90. The van der Waals surface area contributed by atoms with E-state index in [-0.39, 0.29) is 18.4 Å². The highest BCUT2D eigenvalue weighted by molar-refractivity contribution is 5.53. The molecule has 0 N–H and O–H groups in total. The molecule has 1 heterocycles. The predicted octanol–water partition coefficient (Wildman–Crippen LogP) is 3.09. The highest BCUT2D eigenvalue weighted by Crippen LogP contribution is 2.39. The van der Waals surface area contributed by atoms with Gasteiger partial charge < -0.3 is 14.3 Å². The molecule has 2 rings (SSSR count). The number of ether oxygens (including phenoxy) is 2. The number of halogens is 2. The van der Waals surface area contributed by atoms with Crippen LogP contribution in [0.2, 0.25) is 0 Å². The SMILES string of the molecule is CC(F)(F)c1cc2c(cc1CCC=O)OCCCO2. The number of carbonyl (C=O) groups is 1. The number of carbonyl (C=O) groups excluding carboxylic acids is 1. The monoisotopic (exact) mass is 270 g/mol. The van der Waals surface area contributed by atoms with Crippen LogP contribution in [0.25, 0.3) is 0 Å². The van der Waals surface area contributed by atoms with Crippen molar-refractivity contribution in [2.75, 3.05) is 13.2 Å². The molecule has 3 nitrogen and oxygen atoms in total. The molecule has 0 radical (unpaired) electrons. The van der Waals surface area contributed by atoms with Gasteiger partial charge in [-0.25, -0.2) is 8.78 Å². The Morgan fingerprint density at radius 3 is 2.47 bits per heavy atom. The maximum absolute atomic E-state index is 13.6. The molecule has 1 aromatic rings. The number of hydrogen-bond acceptors (Lipinski definition) is 3. The van der Waals surface area contributed by atoms with Crippen molar-refractivity contribution >= 4 is 6.29 Å². The van der Waals surface area contributed by atoms with Crippen molar-refractivity contribution in [3.8, 4) is 11.5 Å². The summed E-state index contributed by atoms with van der Waals surface area (Å²) in [7, 11) is 0. The Morgan fingerprint density at radius 1 is 1.26 bits per heavy atom. The minimum absolute atomic E-state index is 0.0985. The van der Waals surface area contributed by atoms with Crippen molar-refractivity contribution in [3.63, 3.8) is 0 Å². The van der Waals surface area contributed by atoms with E-state index in [0.717, 1.165) is 19.6 Å². The van der Waals surface area contributed by atoms with Crippen LogP contribution < -0.4 is 9.47 Å². The molecule has 0 amide bonds. The van der Waals surface area contributed by atoms with Crippen molar-refractivity contribution in [3.05, 3.63) is 23.3 Å². The van der Waals surface area contributed by atoms with Gasteiger partial charge in [0.25, 0.3) is 5.92 Å². The lowest BCUT2D eigenvalue weighted by Crippen LogP contribution is -2.12. The first kappa shape index (κ1) is 13.8. The van der Waals surface area contributed by atoms with Gasteiger partial charge in [0.05, 0.1) is 13.2 Å². The van der Waals surface area contributed by atoms with Crippen LogP contribution in [0.15, 0.2) is 12.1 Å². The Bertz CT molecular complexity index is 466. The number of fused-ring (bicyclic) bond motifs is 1. The quantitative estimate of drug-likeness (QED) is 0.789. The predicted molar refractivity (Wildman–Crippen MR) is 66.0 cm³/mol. The minimum atomic E-state index is -2.97. The van der Waals surface area contributed by atoms with E-state index < -0.39 is 5.92 Å². The molecule has 19 heavy (non-hydrogen) atoms. The molecule has 1 aliphatic rings. The van der Waals surface area contributed by atoms with E-state index in [0.29, 0.717) is 30.3 Å². The number of alkyl halides is 2. The molecule has 0 spiro atoms. The Labute approximate surface area is 110 Å². The fraction of sp³-hybridized carbons (Fsp3) is 0.500. The van der Waals surface area contributed by atoms with Gasteiger partial charge in [-0.1, -0.05) is 0 Å². The summed E-state index contributed by atoms with van der Waals surface area (Å²) >= 11 is 0. The van der Waals surface area contributed by atoms with E-state index in [1.165, 1.54) is 6.07 Å². The number of aldehydes is 1. The lowest BCUT2D eigenvalue weighted by atomic mass is 9.98. The smallest absolute Gasteiger partial charge is 0.270 e. The number of hydrogen-bond donors (Lipinski definition) is 0. The second-order valence-corrected chi connectivity index (χ2v) is 4.60. The maximum atomic E-state index is 13.6. The third-order valence-electron chi connectivity index (χ3n) is 2.98. The Morgan fingerprint density at radius 2 is 1.89 bits per heavy atom. The zero-order valence-electron chi connectivity index (χ0n) is 10.7. The standard InChI is InChI=1S/C14H16F2O3/c1-14(15,16)11-9-13-12(18-6-3-7-19-13)8-10(11)4-2-5-17/h5,8-9H,2-4,6-7H2,1H3. The van der Waals surface area contributed by atoms with Crippen LogP contribution in [-0.2, 0) is 17.1 Å². The molecule has 0 aromatic heterocycles. The molecule has 0 saturated carbocycles. The summed E-state index contributed by atoms with van der Waals surface area (Å²) in [4.78, 5) is 10.4. The van der Waals surface area contributed by atoms with Crippen molar-refractivity contribution in [2.24, 2.45) is 0 Å². The van der Waals surface area contributed by atoms with Gasteiger partial charge in [0, 0.05) is 25.3 Å². The summed E-state index contributed by atoms with van der Waals surface area (Å²) in [6.45, 7) is 1.80. The van der Waals surface area contributed by atoms with E-state index in [1.807, 2.05) is 0 Å². The van der Waals surface area contributed by atoms with Gasteiger partial charge >= 0.3 is 0 Å². The highest BCUT2D eigenvalue weighted by atomic mass is 19.3. The van der Waals surface area contributed by atoms with Gasteiger partial charge in [-0.05, 0) is 24.1 Å². The Kier molecular flexibility index (Phi) is 4.02. The number of aryl methyl sites for hydroxylation is 1. The lowest BCUT2D eigenvalue weighted by molar-refractivity contribution is -0.107. The van der Waals surface area contributed by atoms with Crippen molar-refractivity contribution in [1.82, 2.24) is 0 Å². The fourth-order valence-corrected chi connectivity index (χ4v) is 2.08. The van der Waals surface area contributed by atoms with Crippen LogP contribution in [0, 0.1) is 0 Å². The van der Waals surface area contributed by atoms with Crippen LogP contribution in [0.4, 0.5) is 8.78 Å². The largest absolute Gasteiger partial charge is 0.490 e. The first-order chi connectivity index (χ1) is 9.02. The normalized spacial score (nSPS) is 14.9. The topological polar surface area (TPSA) is 35.5 Å². The van der Waals surface area contributed by atoms with Gasteiger partial charge in [0.2, 0.25) is 0 Å². The van der Waals surface area contributed by atoms with E-state index in [9.17, 15) is 13.6 Å². The average molecular weight is 270 g/mol. The molecule has 1 aliphatic heterocycles. The highest BCUT2D eigenvalue weighted by Gasteiger charge is 2.29. The number of benzene rings is 1. The van der Waals surface area contributed by atoms with Crippen LogP contribution in [0.1, 0.15) is 30.9 Å². The third kappa shape index (κ3) is 3.22. The number of rotatable bonds is 4. The first-order valence-electron chi connectivity index (χ1n) is 6.27. The molecule has 104 valence electrons. The first-order valence-corrected chi connectivity index (χ1v) is 6.27. The van der Waals surface area contributed by atoms with E-state index >= 15 is 0 Å². The van der Waals surface area contributed by atoms with Crippen LogP contribution in [0.5, 0.6) is 11.5 Å². The molecular formula is C14H16F2O3. The van der Waals surface area contributed by atoms with Gasteiger partial charge in [-0.3, -0.25) is 0 Å². The minimum Gasteiger partial charge on any atom is -0.490 e. The third-order valence-corrected chi connectivity index (χ3v) is 2.98. The molecule has 5 heteroatoms. The summed E-state index contributed by atoms with van der Waals surface area (Å²) in [6.07, 6.45) is 1.93. The lowest BCUT2D eigenvalue weighted by Gasteiger charge is -2.18. The van der Waals surface area contributed by atoms with Gasteiger partial charge in [-0.2, -0.15) is 0 Å². The van der Waals surface area contributed by atoms with Crippen LogP contribution in [-0.4, -0.2) is 19.5 Å². The van der Waals surface area contributed by atoms with Crippen molar-refractivity contribution in [2.45, 2.75) is 32.1 Å². The summed E-state index contributed by atoms with van der Waals surface area (Å²) in [5.74, 6) is -2.14. The molecule has 0 unspecified atom stereocenters. The maximum Gasteiger partial charge on any atom is 0.270 e. The van der Waals surface area contributed by atoms with Gasteiger partial charge in [0.1, 0.15) is 6.29 Å². The molecule has 0 bridgehead atoms. The Hall–Kier alpha value is -1.65. The van der Waals surface area contributed by atoms with E-state index in [4.69, 9.17) is 9.47 Å². The molecule has 0 atom stereocenters. The van der Waals surface area contributed by atoms with Crippen LogP contribution in [0.3, 0.4) is 0 Å². The summed E-state index contributed by atoms with van der Waals surface area (Å²) in [5, 5.41) is 0. The summed E-state index contributed by atoms with van der Waals surface area (Å²) < 4.78 is 38.2. The van der Waals surface area contributed by atoms with Gasteiger partial charge in [-0.15, -0.1) is 0 Å². The van der Waals surface area contributed by atoms with Crippen molar-refractivity contribution < 1.29 is 23.0 Å². The van der Waals surface area contributed by atoms with E-state index in [2.05, 4.69) is 0 Å².